The molecule has 2 rings (SSSR count). The molecule has 0 atom stereocenters. The van der Waals surface area contributed by atoms with E-state index in [4.69, 9.17) is 5.11 Å². The molecule has 0 amide bonds. The number of hydrogen-bond acceptors (Lipinski definition) is 4. The van der Waals surface area contributed by atoms with Gasteiger partial charge < -0.3 is 5.11 Å². The predicted octanol–water partition coefficient (Wildman–Crippen LogP) is -0.760. The Bertz CT molecular complexity index is 268. The second kappa shape index (κ2) is 3.22. The first kappa shape index (κ1) is 9.43. The molecule has 0 unspecified atom stereocenters. The summed E-state index contributed by atoms with van der Waals surface area (Å²) >= 11 is 0. The largest absolute Gasteiger partial charge is 0.393 e. The van der Waals surface area contributed by atoms with Crippen LogP contribution in [0.1, 0.15) is 12.8 Å². The molecule has 1 aliphatic carbocycles. The molecule has 1 saturated heterocycles. The summed E-state index contributed by atoms with van der Waals surface area (Å²) < 4.78 is 22.2. The number of nitrogens with zero attached hydrogens (tertiary/aromatic N) is 1. The van der Waals surface area contributed by atoms with Crippen LogP contribution in [0.4, 0.5) is 0 Å². The van der Waals surface area contributed by atoms with Crippen molar-refractivity contribution >= 4 is 9.84 Å². The van der Waals surface area contributed by atoms with Gasteiger partial charge in [-0.25, -0.2) is 8.42 Å². The fourth-order valence-electron chi connectivity index (χ4n) is 1.95. The Hall–Kier alpha value is -0.130. The minimum Gasteiger partial charge on any atom is -0.393 e. The van der Waals surface area contributed by atoms with Crippen molar-refractivity contribution in [1.29, 1.82) is 0 Å². The highest BCUT2D eigenvalue weighted by molar-refractivity contribution is 7.91. The summed E-state index contributed by atoms with van der Waals surface area (Å²) in [5.74, 6) is 0.583. The average molecular weight is 205 g/mol. The first-order chi connectivity index (χ1) is 6.07. The SMILES string of the molecule is O=S1(=O)CCN(C2CC(O)C2)CC1. The highest BCUT2D eigenvalue weighted by Crippen LogP contribution is 2.26. The van der Waals surface area contributed by atoms with E-state index in [1.807, 2.05) is 0 Å². The van der Waals surface area contributed by atoms with Crippen molar-refractivity contribution in [2.24, 2.45) is 0 Å². The van der Waals surface area contributed by atoms with Gasteiger partial charge in [0.2, 0.25) is 0 Å². The molecule has 4 nitrogen and oxygen atoms in total. The standard InChI is InChI=1S/C8H15NO3S/c10-8-5-7(6-8)9-1-3-13(11,12)4-2-9/h7-8,10H,1-6H2. The van der Waals surface area contributed by atoms with Crippen molar-refractivity contribution in [3.63, 3.8) is 0 Å². The van der Waals surface area contributed by atoms with Crippen molar-refractivity contribution < 1.29 is 13.5 Å². The molecule has 1 N–H and O–H groups in total. The smallest absolute Gasteiger partial charge is 0.152 e. The van der Waals surface area contributed by atoms with Crippen molar-refractivity contribution in [2.75, 3.05) is 24.6 Å². The van der Waals surface area contributed by atoms with Gasteiger partial charge in [-0.1, -0.05) is 0 Å². The summed E-state index contributed by atoms with van der Waals surface area (Å²) in [5.41, 5.74) is 0. The van der Waals surface area contributed by atoms with Crippen LogP contribution >= 0.6 is 0 Å². The van der Waals surface area contributed by atoms with Crippen LogP contribution in [-0.4, -0.2) is 55.2 Å². The molecule has 2 fully saturated rings. The quantitative estimate of drug-likeness (QED) is 0.611. The lowest BCUT2D eigenvalue weighted by Gasteiger charge is -2.42. The predicted molar refractivity (Wildman–Crippen MR) is 49.3 cm³/mol. The molecule has 1 heterocycles. The van der Waals surface area contributed by atoms with Crippen LogP contribution in [0, 0.1) is 0 Å². The maximum Gasteiger partial charge on any atom is 0.152 e. The highest BCUT2D eigenvalue weighted by Gasteiger charge is 2.34. The van der Waals surface area contributed by atoms with E-state index in [-0.39, 0.29) is 6.10 Å². The van der Waals surface area contributed by atoms with Crippen LogP contribution in [0.5, 0.6) is 0 Å². The van der Waals surface area contributed by atoms with E-state index in [0.29, 0.717) is 30.6 Å². The zero-order chi connectivity index (χ0) is 9.47. The lowest BCUT2D eigenvalue weighted by atomic mass is 9.88. The first-order valence-corrected chi connectivity index (χ1v) is 6.51. The Labute approximate surface area is 78.5 Å². The summed E-state index contributed by atoms with van der Waals surface area (Å²) in [5, 5.41) is 9.11. The molecule has 0 spiro atoms. The van der Waals surface area contributed by atoms with Gasteiger partial charge in [-0.2, -0.15) is 0 Å². The summed E-state index contributed by atoms with van der Waals surface area (Å²) in [7, 11) is -2.75. The van der Waals surface area contributed by atoms with Crippen LogP contribution in [0.2, 0.25) is 0 Å². The summed E-state index contributed by atoms with van der Waals surface area (Å²) in [4.78, 5) is 2.19. The van der Waals surface area contributed by atoms with E-state index in [1.165, 1.54) is 0 Å². The molecular weight excluding hydrogens is 190 g/mol. The van der Waals surface area contributed by atoms with Gasteiger partial charge >= 0.3 is 0 Å². The van der Waals surface area contributed by atoms with Gasteiger partial charge in [0.1, 0.15) is 0 Å². The Kier molecular flexibility index (Phi) is 2.33. The van der Waals surface area contributed by atoms with Crippen molar-refractivity contribution in [3.05, 3.63) is 0 Å². The zero-order valence-corrected chi connectivity index (χ0v) is 8.33. The molecule has 76 valence electrons. The Morgan fingerprint density at radius 3 is 2.15 bits per heavy atom. The summed E-state index contributed by atoms with van der Waals surface area (Å²) in [6.45, 7) is 1.31. The van der Waals surface area contributed by atoms with Gasteiger partial charge in [-0.05, 0) is 12.8 Å². The van der Waals surface area contributed by atoms with Crippen LogP contribution in [-0.2, 0) is 9.84 Å². The highest BCUT2D eigenvalue weighted by atomic mass is 32.2. The maximum absolute atomic E-state index is 11.1. The summed E-state index contributed by atoms with van der Waals surface area (Å²) in [6.07, 6.45) is 1.49. The fourth-order valence-corrected chi connectivity index (χ4v) is 3.18. The molecule has 0 aromatic rings. The normalized spacial score (nSPS) is 39.8. The third-order valence-electron chi connectivity index (χ3n) is 2.98. The van der Waals surface area contributed by atoms with E-state index in [0.717, 1.165) is 12.8 Å². The van der Waals surface area contributed by atoms with Gasteiger partial charge in [0.05, 0.1) is 17.6 Å². The number of rotatable bonds is 1. The van der Waals surface area contributed by atoms with Crippen molar-refractivity contribution in [3.8, 4) is 0 Å². The molecular formula is C8H15NO3S. The molecule has 0 aromatic carbocycles. The molecule has 0 aromatic heterocycles. The van der Waals surface area contributed by atoms with Gasteiger partial charge in [-0.15, -0.1) is 0 Å². The van der Waals surface area contributed by atoms with E-state index in [9.17, 15) is 8.42 Å². The Morgan fingerprint density at radius 1 is 1.15 bits per heavy atom. The minimum atomic E-state index is -2.75. The van der Waals surface area contributed by atoms with E-state index < -0.39 is 9.84 Å². The molecule has 1 aliphatic heterocycles. The number of sulfone groups is 1. The summed E-state index contributed by atoms with van der Waals surface area (Å²) in [6, 6.07) is 0.436. The molecule has 1 saturated carbocycles. The van der Waals surface area contributed by atoms with Crippen molar-refractivity contribution in [2.45, 2.75) is 25.0 Å². The van der Waals surface area contributed by atoms with Gasteiger partial charge in [0, 0.05) is 19.1 Å². The van der Waals surface area contributed by atoms with E-state index in [1.54, 1.807) is 0 Å². The van der Waals surface area contributed by atoms with Gasteiger partial charge in [0.15, 0.2) is 9.84 Å². The lowest BCUT2D eigenvalue weighted by molar-refractivity contribution is 0.00520. The van der Waals surface area contributed by atoms with Gasteiger partial charge in [-0.3, -0.25) is 4.90 Å². The van der Waals surface area contributed by atoms with Crippen LogP contribution in [0.25, 0.3) is 0 Å². The van der Waals surface area contributed by atoms with Gasteiger partial charge in [0.25, 0.3) is 0 Å². The molecule has 5 heteroatoms. The fraction of sp³-hybridized carbons (Fsp3) is 1.00. The maximum atomic E-state index is 11.1. The Balaban J connectivity index is 1.85. The van der Waals surface area contributed by atoms with Crippen molar-refractivity contribution in [1.82, 2.24) is 4.90 Å². The lowest BCUT2D eigenvalue weighted by Crippen LogP contribution is -2.52. The van der Waals surface area contributed by atoms with Crippen LogP contribution in [0.15, 0.2) is 0 Å². The first-order valence-electron chi connectivity index (χ1n) is 4.69. The second-order valence-electron chi connectivity index (χ2n) is 3.97. The van der Waals surface area contributed by atoms with Crippen LogP contribution in [0.3, 0.4) is 0 Å². The third kappa shape index (κ3) is 2.03. The molecule has 0 bridgehead atoms. The topological polar surface area (TPSA) is 57.6 Å². The van der Waals surface area contributed by atoms with Crippen LogP contribution < -0.4 is 0 Å². The zero-order valence-electron chi connectivity index (χ0n) is 7.52. The van der Waals surface area contributed by atoms with E-state index >= 15 is 0 Å². The average Bonchev–Trinajstić information content (AvgIpc) is 2.00. The minimum absolute atomic E-state index is 0.150. The number of hydrogen-bond donors (Lipinski definition) is 1. The number of aliphatic hydroxyl groups excluding tert-OH is 1. The second-order valence-corrected chi connectivity index (χ2v) is 6.27. The number of aliphatic hydroxyl groups is 1. The Morgan fingerprint density at radius 2 is 1.69 bits per heavy atom. The third-order valence-corrected chi connectivity index (χ3v) is 4.59. The molecule has 13 heavy (non-hydrogen) atoms. The molecule has 0 radical (unpaired) electrons. The van der Waals surface area contributed by atoms with E-state index in [2.05, 4.69) is 4.90 Å². The molecule has 2 aliphatic rings. The monoisotopic (exact) mass is 205 g/mol.